The van der Waals surface area contributed by atoms with Crippen LogP contribution < -0.4 is 5.73 Å². The minimum Gasteiger partial charge on any atom is -0.383 e. The average Bonchev–Trinajstić information content (AvgIpc) is 3.01. The van der Waals surface area contributed by atoms with Crippen molar-refractivity contribution in [2.75, 3.05) is 5.73 Å². The molecule has 0 saturated carbocycles. The first-order chi connectivity index (χ1) is 9.16. The summed E-state index contributed by atoms with van der Waals surface area (Å²) < 4.78 is 1.65. The van der Waals surface area contributed by atoms with Gasteiger partial charge in [0.1, 0.15) is 17.2 Å². The highest BCUT2D eigenvalue weighted by molar-refractivity contribution is 5.86. The highest BCUT2D eigenvalue weighted by atomic mass is 15.3. The van der Waals surface area contributed by atoms with Crippen LogP contribution in [0.25, 0.3) is 22.5 Å². The van der Waals surface area contributed by atoms with Crippen LogP contribution in [0, 0.1) is 6.92 Å². The van der Waals surface area contributed by atoms with Crippen LogP contribution in [0.4, 0.5) is 5.82 Å². The third kappa shape index (κ3) is 1.87. The van der Waals surface area contributed by atoms with Crippen molar-refractivity contribution < 1.29 is 0 Å². The van der Waals surface area contributed by atoms with Gasteiger partial charge in [0.05, 0.1) is 11.8 Å². The maximum absolute atomic E-state index is 6.12. The van der Waals surface area contributed by atoms with E-state index in [4.69, 9.17) is 5.73 Å². The summed E-state index contributed by atoms with van der Waals surface area (Å²) in [5.41, 5.74) is 10.6. The number of rotatable bonds is 2. The van der Waals surface area contributed by atoms with Gasteiger partial charge in [-0.2, -0.15) is 20.5 Å². The second kappa shape index (κ2) is 4.24. The lowest BCUT2D eigenvalue weighted by Gasteiger charge is -2.03. The Morgan fingerprint density at radius 1 is 1.21 bits per heavy atom. The van der Waals surface area contributed by atoms with Gasteiger partial charge in [-0.1, -0.05) is 29.8 Å². The molecule has 0 amide bonds. The van der Waals surface area contributed by atoms with Gasteiger partial charge in [-0.05, 0) is 12.5 Å². The Balaban J connectivity index is 2.22. The number of benzene rings is 1. The molecule has 6 nitrogen and oxygen atoms in total. The molecule has 6 heteroatoms. The number of nitrogens with one attached hydrogen (secondary N) is 1. The highest BCUT2D eigenvalue weighted by Crippen LogP contribution is 2.34. The van der Waals surface area contributed by atoms with Gasteiger partial charge in [-0.15, -0.1) is 0 Å². The van der Waals surface area contributed by atoms with Gasteiger partial charge < -0.3 is 5.73 Å². The number of nitrogens with two attached hydrogens (primary N) is 1. The molecule has 3 N–H and O–H groups in total. The van der Waals surface area contributed by atoms with Gasteiger partial charge in [-0.3, -0.25) is 4.68 Å². The first-order valence-corrected chi connectivity index (χ1v) is 5.92. The van der Waals surface area contributed by atoms with Crippen molar-refractivity contribution in [3.05, 3.63) is 36.0 Å². The minimum atomic E-state index is 0.613. The molecular weight excluding hydrogens is 240 g/mol. The molecule has 3 aromatic rings. The fourth-order valence-electron chi connectivity index (χ4n) is 2.04. The molecule has 0 saturated heterocycles. The summed E-state index contributed by atoms with van der Waals surface area (Å²) >= 11 is 0. The first-order valence-electron chi connectivity index (χ1n) is 5.92. The van der Waals surface area contributed by atoms with E-state index in [0.29, 0.717) is 11.5 Å². The number of aryl methyl sites for hydroxylation is 2. The number of hydrogen-bond acceptors (Lipinski definition) is 4. The Labute approximate surface area is 110 Å². The number of hydrogen-bond donors (Lipinski definition) is 2. The number of H-pyrrole nitrogens is 1. The lowest BCUT2D eigenvalue weighted by molar-refractivity contribution is 0.781. The van der Waals surface area contributed by atoms with Crippen molar-refractivity contribution >= 4 is 5.82 Å². The summed E-state index contributed by atoms with van der Waals surface area (Å²) in [6.07, 6.45) is 1.64. The zero-order chi connectivity index (χ0) is 13.4. The van der Waals surface area contributed by atoms with Crippen molar-refractivity contribution in [1.29, 1.82) is 0 Å². The number of nitrogens with zero attached hydrogens (tertiary/aromatic N) is 4. The topological polar surface area (TPSA) is 85.4 Å². The van der Waals surface area contributed by atoms with Crippen LogP contribution in [0.1, 0.15) is 5.56 Å². The lowest BCUT2D eigenvalue weighted by Crippen LogP contribution is -1.97. The van der Waals surface area contributed by atoms with E-state index in [2.05, 4.69) is 27.4 Å². The van der Waals surface area contributed by atoms with E-state index in [1.807, 2.05) is 31.3 Å². The molecule has 0 spiro atoms. The zero-order valence-corrected chi connectivity index (χ0v) is 10.8. The molecule has 0 bridgehead atoms. The smallest absolute Gasteiger partial charge is 0.133 e. The largest absolute Gasteiger partial charge is 0.383 e. The van der Waals surface area contributed by atoms with Gasteiger partial charge in [-0.25, -0.2) is 0 Å². The SMILES string of the molecule is Cc1ccc(-c2c(-c3cn[nH]n3)nn(C)c2N)cc1. The van der Waals surface area contributed by atoms with Crippen LogP contribution in [0.3, 0.4) is 0 Å². The lowest BCUT2D eigenvalue weighted by atomic mass is 10.0. The number of nitrogen functional groups attached to an aromatic ring is 1. The second-order valence-electron chi connectivity index (χ2n) is 4.45. The summed E-state index contributed by atoms with van der Waals surface area (Å²) in [6, 6.07) is 8.17. The number of anilines is 1. The van der Waals surface area contributed by atoms with Crippen molar-refractivity contribution in [2.24, 2.45) is 7.05 Å². The van der Waals surface area contributed by atoms with E-state index in [-0.39, 0.29) is 0 Å². The van der Waals surface area contributed by atoms with Crippen LogP contribution in [0.15, 0.2) is 30.5 Å². The molecule has 0 aliphatic rings. The maximum atomic E-state index is 6.12. The molecule has 0 radical (unpaired) electrons. The van der Waals surface area contributed by atoms with Crippen molar-refractivity contribution in [1.82, 2.24) is 25.2 Å². The Kier molecular flexibility index (Phi) is 2.56. The van der Waals surface area contributed by atoms with Gasteiger partial charge in [0.2, 0.25) is 0 Å². The summed E-state index contributed by atoms with van der Waals surface area (Å²) in [5.74, 6) is 0.613. The molecule has 0 aliphatic heterocycles. The van der Waals surface area contributed by atoms with Crippen molar-refractivity contribution in [2.45, 2.75) is 6.92 Å². The summed E-state index contributed by atoms with van der Waals surface area (Å²) in [6.45, 7) is 2.05. The van der Waals surface area contributed by atoms with Gasteiger partial charge >= 0.3 is 0 Å². The molecular formula is C13H14N6. The van der Waals surface area contributed by atoms with Gasteiger partial charge in [0.25, 0.3) is 0 Å². The zero-order valence-electron chi connectivity index (χ0n) is 10.8. The van der Waals surface area contributed by atoms with Crippen LogP contribution >= 0.6 is 0 Å². The van der Waals surface area contributed by atoms with Crippen molar-refractivity contribution in [3.63, 3.8) is 0 Å². The summed E-state index contributed by atoms with van der Waals surface area (Å²) in [5, 5.41) is 14.9. The second-order valence-corrected chi connectivity index (χ2v) is 4.45. The normalized spacial score (nSPS) is 10.8. The molecule has 19 heavy (non-hydrogen) atoms. The molecule has 0 atom stereocenters. The van der Waals surface area contributed by atoms with E-state index in [0.717, 1.165) is 16.8 Å². The molecule has 2 aromatic heterocycles. The van der Waals surface area contributed by atoms with E-state index in [9.17, 15) is 0 Å². The Morgan fingerprint density at radius 3 is 2.58 bits per heavy atom. The number of aromatic amines is 1. The first kappa shape index (κ1) is 11.5. The quantitative estimate of drug-likeness (QED) is 0.729. The predicted octanol–water partition coefficient (Wildman–Crippen LogP) is 1.76. The van der Waals surface area contributed by atoms with Gasteiger partial charge in [0, 0.05) is 7.05 Å². The maximum Gasteiger partial charge on any atom is 0.133 e. The van der Waals surface area contributed by atoms with E-state index >= 15 is 0 Å². The molecule has 96 valence electrons. The fraction of sp³-hybridized carbons (Fsp3) is 0.154. The van der Waals surface area contributed by atoms with E-state index < -0.39 is 0 Å². The van der Waals surface area contributed by atoms with Crippen LogP contribution in [-0.4, -0.2) is 25.2 Å². The molecule has 2 heterocycles. The summed E-state index contributed by atoms with van der Waals surface area (Å²) in [7, 11) is 1.82. The van der Waals surface area contributed by atoms with Crippen molar-refractivity contribution in [3.8, 4) is 22.5 Å². The average molecular weight is 254 g/mol. The van der Waals surface area contributed by atoms with Gasteiger partial charge in [0.15, 0.2) is 0 Å². The highest BCUT2D eigenvalue weighted by Gasteiger charge is 2.18. The minimum absolute atomic E-state index is 0.613. The Morgan fingerprint density at radius 2 is 1.95 bits per heavy atom. The third-order valence-corrected chi connectivity index (χ3v) is 3.09. The Hall–Kier alpha value is -2.63. The monoisotopic (exact) mass is 254 g/mol. The molecule has 0 unspecified atom stereocenters. The van der Waals surface area contributed by atoms with E-state index in [1.54, 1.807) is 10.9 Å². The molecule has 1 aromatic carbocycles. The summed E-state index contributed by atoms with van der Waals surface area (Å²) in [4.78, 5) is 0. The molecule has 0 fully saturated rings. The fourth-order valence-corrected chi connectivity index (χ4v) is 2.04. The Bertz CT molecular complexity index is 694. The van der Waals surface area contributed by atoms with E-state index in [1.165, 1.54) is 5.56 Å². The van der Waals surface area contributed by atoms with Crippen LogP contribution in [0.2, 0.25) is 0 Å². The standard InChI is InChI=1S/C13H14N6/c1-8-3-5-9(6-4-8)11-12(10-7-15-18-16-10)17-19(2)13(11)14/h3-7H,14H2,1-2H3,(H,15,16,18). The molecule has 3 rings (SSSR count). The number of aromatic nitrogens is 5. The molecule has 0 aliphatic carbocycles. The van der Waals surface area contributed by atoms with Crippen LogP contribution in [-0.2, 0) is 7.05 Å². The third-order valence-electron chi connectivity index (χ3n) is 3.09. The predicted molar refractivity (Wildman–Crippen MR) is 73.2 cm³/mol. The van der Waals surface area contributed by atoms with Crippen LogP contribution in [0.5, 0.6) is 0 Å².